The number of benzene rings is 2. The van der Waals surface area contributed by atoms with E-state index in [1.54, 1.807) is 0 Å². The molecule has 1 aliphatic heterocycles. The topological polar surface area (TPSA) is 44.0 Å². The van der Waals surface area contributed by atoms with Gasteiger partial charge in [-0.1, -0.05) is 18.2 Å². The van der Waals surface area contributed by atoms with Crippen molar-refractivity contribution in [2.75, 3.05) is 18.4 Å². The minimum absolute atomic E-state index is 0.384. The number of para-hydroxylation sites is 2. The van der Waals surface area contributed by atoms with Crippen molar-refractivity contribution >= 4 is 34.1 Å². The Balaban J connectivity index is 1.48. The van der Waals surface area contributed by atoms with Crippen molar-refractivity contribution in [1.82, 2.24) is 14.9 Å². The third kappa shape index (κ3) is 3.58. The number of rotatable bonds is 2. The number of fused-ring (bicyclic) bond motifs is 1. The molecule has 2 heterocycles. The number of likely N-dealkylation sites (tertiary alicyclic amines) is 1. The van der Waals surface area contributed by atoms with Gasteiger partial charge >= 0.3 is 0 Å². The highest BCUT2D eigenvalue weighted by molar-refractivity contribution is 7.80. The van der Waals surface area contributed by atoms with Gasteiger partial charge < -0.3 is 15.2 Å². The van der Waals surface area contributed by atoms with E-state index >= 15 is 0 Å². The summed E-state index contributed by atoms with van der Waals surface area (Å²) in [5.74, 6) is 1.46. The largest absolute Gasteiger partial charge is 0.348 e. The van der Waals surface area contributed by atoms with Crippen LogP contribution >= 0.6 is 12.2 Å². The number of H-pyrrole nitrogens is 1. The van der Waals surface area contributed by atoms with Gasteiger partial charge in [0.05, 0.1) is 11.0 Å². The molecule has 0 amide bonds. The minimum Gasteiger partial charge on any atom is -0.348 e. The first-order valence-electron chi connectivity index (χ1n) is 9.17. The Morgan fingerprint density at radius 3 is 2.73 bits per heavy atom. The molecule has 1 saturated heterocycles. The molecule has 2 aromatic carbocycles. The number of anilines is 1. The summed E-state index contributed by atoms with van der Waals surface area (Å²) >= 11 is 5.69. The molecule has 2 N–H and O–H groups in total. The zero-order valence-corrected chi connectivity index (χ0v) is 16.1. The average molecular weight is 365 g/mol. The number of thiocarbonyl (C=S) groups is 1. The molecule has 134 valence electrons. The maximum absolute atomic E-state index is 5.69. The number of aromatic nitrogens is 2. The van der Waals surface area contributed by atoms with Crippen molar-refractivity contribution in [3.63, 3.8) is 0 Å². The molecule has 4 rings (SSSR count). The maximum Gasteiger partial charge on any atom is 0.173 e. The third-order valence-corrected chi connectivity index (χ3v) is 5.34. The van der Waals surface area contributed by atoms with Gasteiger partial charge in [0, 0.05) is 24.7 Å². The van der Waals surface area contributed by atoms with E-state index in [4.69, 9.17) is 17.2 Å². The summed E-state index contributed by atoms with van der Waals surface area (Å²) in [7, 11) is 0. The quantitative estimate of drug-likeness (QED) is 0.644. The third-order valence-electron chi connectivity index (χ3n) is 4.98. The highest BCUT2D eigenvalue weighted by atomic mass is 32.1. The number of hydrogen-bond acceptors (Lipinski definition) is 2. The van der Waals surface area contributed by atoms with Gasteiger partial charge in [-0.3, -0.25) is 0 Å². The SMILES string of the molecule is Cc1cc(C)cc(NC(=S)N2CCC[C@H](c3nc4ccccc4[nH]3)C2)c1. The fraction of sp³-hybridized carbons (Fsp3) is 0.333. The molecule has 3 aromatic rings. The summed E-state index contributed by atoms with van der Waals surface area (Å²) in [6, 6.07) is 14.7. The van der Waals surface area contributed by atoms with E-state index in [1.807, 2.05) is 12.1 Å². The summed E-state index contributed by atoms with van der Waals surface area (Å²) in [4.78, 5) is 10.6. The van der Waals surface area contributed by atoms with Crippen molar-refractivity contribution in [3.05, 3.63) is 59.4 Å². The van der Waals surface area contributed by atoms with E-state index in [-0.39, 0.29) is 0 Å². The molecule has 4 nitrogen and oxygen atoms in total. The first kappa shape index (κ1) is 17.0. The van der Waals surface area contributed by atoms with Crippen LogP contribution in [0.15, 0.2) is 42.5 Å². The fourth-order valence-electron chi connectivity index (χ4n) is 3.80. The smallest absolute Gasteiger partial charge is 0.173 e. The van der Waals surface area contributed by atoms with E-state index in [1.165, 1.54) is 11.1 Å². The maximum atomic E-state index is 5.69. The van der Waals surface area contributed by atoms with Gasteiger partial charge in [0.2, 0.25) is 0 Å². The summed E-state index contributed by atoms with van der Waals surface area (Å²) in [6.45, 7) is 6.11. The van der Waals surface area contributed by atoms with Crippen molar-refractivity contribution in [2.45, 2.75) is 32.6 Å². The van der Waals surface area contributed by atoms with Crippen molar-refractivity contribution < 1.29 is 0 Å². The molecule has 1 aliphatic rings. The lowest BCUT2D eigenvalue weighted by Crippen LogP contribution is -2.41. The second-order valence-corrected chi connectivity index (χ2v) is 7.62. The van der Waals surface area contributed by atoms with Crippen LogP contribution in [0.1, 0.15) is 35.7 Å². The van der Waals surface area contributed by atoms with E-state index in [0.29, 0.717) is 5.92 Å². The van der Waals surface area contributed by atoms with Gasteiger partial charge in [0.1, 0.15) is 5.82 Å². The first-order chi connectivity index (χ1) is 12.6. The summed E-state index contributed by atoms with van der Waals surface area (Å²) in [5, 5.41) is 4.22. The number of nitrogens with zero attached hydrogens (tertiary/aromatic N) is 2. The van der Waals surface area contributed by atoms with Gasteiger partial charge in [0.25, 0.3) is 0 Å². The Morgan fingerprint density at radius 1 is 1.19 bits per heavy atom. The normalized spacial score (nSPS) is 17.5. The van der Waals surface area contributed by atoms with Crippen LogP contribution in [0.2, 0.25) is 0 Å². The standard InChI is InChI=1S/C21H24N4S/c1-14-10-15(2)12-17(11-14)22-21(26)25-9-5-6-16(13-25)20-23-18-7-3-4-8-19(18)24-20/h3-4,7-8,10-12,16H,5-6,9,13H2,1-2H3,(H,22,26)(H,23,24)/t16-/m0/s1. The lowest BCUT2D eigenvalue weighted by atomic mass is 9.98. The molecule has 1 atom stereocenters. The summed E-state index contributed by atoms with van der Waals surface area (Å²) < 4.78 is 0. The van der Waals surface area contributed by atoms with Crippen LogP contribution in [-0.2, 0) is 0 Å². The fourth-order valence-corrected chi connectivity index (χ4v) is 4.08. The molecular weight excluding hydrogens is 340 g/mol. The molecule has 0 radical (unpaired) electrons. The van der Waals surface area contributed by atoms with Gasteiger partial charge in [-0.25, -0.2) is 4.98 Å². The number of piperidine rings is 1. The van der Waals surface area contributed by atoms with Crippen molar-refractivity contribution in [1.29, 1.82) is 0 Å². The molecule has 1 aromatic heterocycles. The monoisotopic (exact) mass is 364 g/mol. The second-order valence-electron chi connectivity index (χ2n) is 7.23. The first-order valence-corrected chi connectivity index (χ1v) is 9.58. The zero-order valence-electron chi connectivity index (χ0n) is 15.2. The van der Waals surface area contributed by atoms with E-state index in [0.717, 1.165) is 53.6 Å². The van der Waals surface area contributed by atoms with Crippen LogP contribution in [0.25, 0.3) is 11.0 Å². The molecule has 0 unspecified atom stereocenters. The zero-order chi connectivity index (χ0) is 18.1. The second kappa shape index (κ2) is 7.08. The predicted octanol–water partition coefficient (Wildman–Crippen LogP) is 4.76. The number of imidazole rings is 1. The molecule has 26 heavy (non-hydrogen) atoms. The Hall–Kier alpha value is -2.40. The van der Waals surface area contributed by atoms with E-state index in [9.17, 15) is 0 Å². The Kier molecular flexibility index (Phi) is 4.64. The van der Waals surface area contributed by atoms with Gasteiger partial charge in [0.15, 0.2) is 5.11 Å². The summed E-state index contributed by atoms with van der Waals surface area (Å²) in [5.41, 5.74) is 5.70. The molecule has 0 aliphatic carbocycles. The molecule has 0 saturated carbocycles. The van der Waals surface area contributed by atoms with Crippen molar-refractivity contribution in [2.24, 2.45) is 0 Å². The predicted molar refractivity (Wildman–Crippen MR) is 112 cm³/mol. The molecule has 5 heteroatoms. The average Bonchev–Trinajstić information content (AvgIpc) is 3.05. The minimum atomic E-state index is 0.384. The van der Waals surface area contributed by atoms with Crippen LogP contribution in [0, 0.1) is 13.8 Å². The Labute approximate surface area is 159 Å². The molecule has 0 spiro atoms. The van der Waals surface area contributed by atoms with Crippen LogP contribution in [0.5, 0.6) is 0 Å². The van der Waals surface area contributed by atoms with Crippen LogP contribution in [-0.4, -0.2) is 33.1 Å². The van der Waals surface area contributed by atoms with Gasteiger partial charge in [-0.2, -0.15) is 0 Å². The van der Waals surface area contributed by atoms with Crippen LogP contribution in [0.3, 0.4) is 0 Å². The number of hydrogen-bond donors (Lipinski definition) is 2. The van der Waals surface area contributed by atoms with Gasteiger partial charge in [-0.05, 0) is 74.3 Å². The highest BCUT2D eigenvalue weighted by Gasteiger charge is 2.25. The van der Waals surface area contributed by atoms with Crippen LogP contribution in [0.4, 0.5) is 5.69 Å². The summed E-state index contributed by atoms with van der Waals surface area (Å²) in [6.07, 6.45) is 2.26. The lowest BCUT2D eigenvalue weighted by molar-refractivity contribution is 0.307. The highest BCUT2D eigenvalue weighted by Crippen LogP contribution is 2.27. The number of nitrogens with one attached hydrogen (secondary N) is 2. The number of aryl methyl sites for hydroxylation is 2. The Morgan fingerprint density at radius 2 is 1.96 bits per heavy atom. The van der Waals surface area contributed by atoms with Crippen molar-refractivity contribution in [3.8, 4) is 0 Å². The van der Waals surface area contributed by atoms with E-state index < -0.39 is 0 Å². The Bertz CT molecular complexity index is 893. The molecule has 0 bridgehead atoms. The molecule has 1 fully saturated rings. The molecular formula is C21H24N4S. The van der Waals surface area contributed by atoms with Gasteiger partial charge in [-0.15, -0.1) is 0 Å². The van der Waals surface area contributed by atoms with E-state index in [2.05, 4.69) is 59.4 Å². The lowest BCUT2D eigenvalue weighted by Gasteiger charge is -2.34. The van der Waals surface area contributed by atoms with Crippen LogP contribution < -0.4 is 5.32 Å². The number of aromatic amines is 1.